The van der Waals surface area contributed by atoms with Crippen molar-refractivity contribution in [3.63, 3.8) is 0 Å². The van der Waals surface area contributed by atoms with E-state index in [0.29, 0.717) is 19.6 Å². The molecule has 27 heavy (non-hydrogen) atoms. The summed E-state index contributed by atoms with van der Waals surface area (Å²) in [6, 6.07) is 5.64. The Balaban J connectivity index is 1.38. The first-order valence-corrected chi connectivity index (χ1v) is 9.51. The van der Waals surface area contributed by atoms with E-state index in [1.165, 1.54) is 5.56 Å². The average molecular weight is 368 g/mol. The van der Waals surface area contributed by atoms with Gasteiger partial charge in [-0.25, -0.2) is 0 Å². The molecular weight excluding hydrogens is 344 g/mol. The number of likely N-dealkylation sites (tertiary alicyclic amines) is 1. The zero-order chi connectivity index (χ0) is 18.8. The van der Waals surface area contributed by atoms with Gasteiger partial charge >= 0.3 is 0 Å². The normalized spacial score (nSPS) is 19.2. The van der Waals surface area contributed by atoms with E-state index in [4.69, 9.17) is 4.52 Å². The Labute approximate surface area is 158 Å². The van der Waals surface area contributed by atoms with E-state index in [1.807, 2.05) is 18.2 Å². The fourth-order valence-corrected chi connectivity index (χ4v) is 3.97. The molecule has 1 unspecified atom stereocenters. The van der Waals surface area contributed by atoms with Gasteiger partial charge in [-0.15, -0.1) is 0 Å². The number of nitrogens with zero attached hydrogens (tertiary/aromatic N) is 4. The molecule has 1 fully saturated rings. The van der Waals surface area contributed by atoms with Crippen molar-refractivity contribution >= 4 is 11.8 Å². The molecular formula is C20H24N4O3. The van der Waals surface area contributed by atoms with E-state index in [0.717, 1.165) is 42.8 Å². The first-order valence-electron chi connectivity index (χ1n) is 9.51. The molecule has 3 heterocycles. The minimum Gasteiger partial charge on any atom is -0.361 e. The number of aromatic nitrogens is 2. The van der Waals surface area contributed by atoms with Gasteiger partial charge in [-0.1, -0.05) is 11.2 Å². The maximum absolute atomic E-state index is 12.9. The van der Waals surface area contributed by atoms with Crippen LogP contribution in [0.3, 0.4) is 0 Å². The molecule has 7 nitrogen and oxygen atoms in total. The van der Waals surface area contributed by atoms with Crippen molar-refractivity contribution in [3.05, 3.63) is 47.1 Å². The zero-order valence-electron chi connectivity index (χ0n) is 15.6. The second-order valence-electron chi connectivity index (χ2n) is 7.43. The molecule has 2 aliphatic rings. The highest BCUT2D eigenvalue weighted by atomic mass is 16.5. The summed E-state index contributed by atoms with van der Waals surface area (Å²) in [5.74, 6) is 0.647. The Morgan fingerprint density at radius 1 is 1.33 bits per heavy atom. The van der Waals surface area contributed by atoms with Gasteiger partial charge in [0.25, 0.3) is 0 Å². The van der Waals surface area contributed by atoms with E-state index >= 15 is 0 Å². The Bertz CT molecular complexity index is 833. The number of carbonyl (C=O) groups is 2. The predicted octanol–water partition coefficient (Wildman–Crippen LogP) is 1.96. The van der Waals surface area contributed by atoms with E-state index in [-0.39, 0.29) is 24.2 Å². The number of hydrogen-bond acceptors (Lipinski definition) is 5. The molecule has 0 radical (unpaired) electrons. The number of fused-ring (bicyclic) bond motifs is 1. The first-order chi connectivity index (χ1) is 13.1. The molecule has 0 spiro atoms. The maximum atomic E-state index is 12.9. The summed E-state index contributed by atoms with van der Waals surface area (Å²) in [7, 11) is 1.78. The number of aryl methyl sites for hydroxylation is 1. The van der Waals surface area contributed by atoms with Crippen LogP contribution in [0.5, 0.6) is 0 Å². The minimum absolute atomic E-state index is 0.00576. The Hall–Kier alpha value is -2.70. The highest BCUT2D eigenvalue weighted by Crippen LogP contribution is 2.26. The van der Waals surface area contributed by atoms with Gasteiger partial charge in [-0.05, 0) is 31.4 Å². The van der Waals surface area contributed by atoms with Crippen molar-refractivity contribution in [2.45, 2.75) is 45.2 Å². The molecule has 0 bridgehead atoms. The van der Waals surface area contributed by atoms with Gasteiger partial charge in [-0.2, -0.15) is 0 Å². The second-order valence-corrected chi connectivity index (χ2v) is 7.43. The lowest BCUT2D eigenvalue weighted by Crippen LogP contribution is -2.34. The van der Waals surface area contributed by atoms with Gasteiger partial charge in [0.2, 0.25) is 11.8 Å². The molecule has 1 atom stereocenters. The highest BCUT2D eigenvalue weighted by molar-refractivity contribution is 5.89. The van der Waals surface area contributed by atoms with Crippen molar-refractivity contribution < 1.29 is 14.1 Å². The summed E-state index contributed by atoms with van der Waals surface area (Å²) in [4.78, 5) is 32.8. The number of hydrogen-bond donors (Lipinski definition) is 0. The van der Waals surface area contributed by atoms with Gasteiger partial charge < -0.3 is 14.3 Å². The standard InChI is InChI=1S/C20H24N4O3/c1-23(13-17-16-7-2-3-8-18(16)27-22-17)20(26)14-10-19(25)24(11-14)12-15-6-4-5-9-21-15/h4-6,9,14H,2-3,7-8,10-13H2,1H3. The summed E-state index contributed by atoms with van der Waals surface area (Å²) < 4.78 is 5.44. The van der Waals surface area contributed by atoms with Gasteiger partial charge in [0.05, 0.1) is 24.7 Å². The van der Waals surface area contributed by atoms with Crippen molar-refractivity contribution in [1.82, 2.24) is 19.9 Å². The van der Waals surface area contributed by atoms with Crippen molar-refractivity contribution in [3.8, 4) is 0 Å². The third-order valence-electron chi connectivity index (χ3n) is 5.44. The topological polar surface area (TPSA) is 79.5 Å². The second kappa shape index (κ2) is 7.50. The van der Waals surface area contributed by atoms with E-state index in [9.17, 15) is 9.59 Å². The van der Waals surface area contributed by atoms with Crippen LogP contribution in [-0.2, 0) is 35.5 Å². The molecule has 142 valence electrons. The quantitative estimate of drug-likeness (QED) is 0.806. The fraction of sp³-hybridized carbons (Fsp3) is 0.500. The van der Waals surface area contributed by atoms with Crippen LogP contribution in [0.1, 0.15) is 42.0 Å². The molecule has 4 rings (SSSR count). The highest BCUT2D eigenvalue weighted by Gasteiger charge is 2.36. The molecule has 7 heteroatoms. The minimum atomic E-state index is -0.311. The van der Waals surface area contributed by atoms with E-state index in [1.54, 1.807) is 23.0 Å². The van der Waals surface area contributed by atoms with E-state index in [2.05, 4.69) is 10.1 Å². The van der Waals surface area contributed by atoms with Gasteiger partial charge in [-0.3, -0.25) is 14.6 Å². The molecule has 2 aromatic heterocycles. The molecule has 2 amide bonds. The van der Waals surface area contributed by atoms with Gasteiger partial charge in [0.15, 0.2) is 0 Å². The first kappa shape index (κ1) is 17.7. The number of rotatable bonds is 5. The Kier molecular flexibility index (Phi) is 4.92. The van der Waals surface area contributed by atoms with Crippen LogP contribution >= 0.6 is 0 Å². The van der Waals surface area contributed by atoms with Crippen molar-refractivity contribution in [2.75, 3.05) is 13.6 Å². The largest absolute Gasteiger partial charge is 0.361 e. The van der Waals surface area contributed by atoms with Crippen molar-refractivity contribution in [2.24, 2.45) is 5.92 Å². The third-order valence-corrected chi connectivity index (χ3v) is 5.44. The summed E-state index contributed by atoms with van der Waals surface area (Å²) >= 11 is 0. The van der Waals surface area contributed by atoms with Crippen LogP contribution in [0.4, 0.5) is 0 Å². The number of pyridine rings is 1. The summed E-state index contributed by atoms with van der Waals surface area (Å²) in [6.07, 6.45) is 6.14. The fourth-order valence-electron chi connectivity index (χ4n) is 3.97. The molecule has 2 aromatic rings. The lowest BCUT2D eigenvalue weighted by molar-refractivity contribution is -0.135. The van der Waals surface area contributed by atoms with E-state index < -0.39 is 0 Å². The zero-order valence-corrected chi connectivity index (χ0v) is 15.6. The summed E-state index contributed by atoms with van der Waals surface area (Å²) in [6.45, 7) is 1.32. The Morgan fingerprint density at radius 2 is 2.19 bits per heavy atom. The van der Waals surface area contributed by atoms with Crippen LogP contribution < -0.4 is 0 Å². The number of amides is 2. The monoisotopic (exact) mass is 368 g/mol. The van der Waals surface area contributed by atoms with Crippen LogP contribution in [0.2, 0.25) is 0 Å². The van der Waals surface area contributed by atoms with Crippen LogP contribution in [0.25, 0.3) is 0 Å². The molecule has 1 aliphatic heterocycles. The number of carbonyl (C=O) groups excluding carboxylic acids is 2. The van der Waals surface area contributed by atoms with Gasteiger partial charge in [0.1, 0.15) is 11.5 Å². The Morgan fingerprint density at radius 3 is 3.00 bits per heavy atom. The lowest BCUT2D eigenvalue weighted by Gasteiger charge is -2.21. The predicted molar refractivity (Wildman–Crippen MR) is 97.4 cm³/mol. The van der Waals surface area contributed by atoms with Crippen molar-refractivity contribution in [1.29, 1.82) is 0 Å². The van der Waals surface area contributed by atoms with Crippen LogP contribution in [0.15, 0.2) is 28.9 Å². The lowest BCUT2D eigenvalue weighted by atomic mass is 9.96. The molecule has 1 aliphatic carbocycles. The average Bonchev–Trinajstić information content (AvgIpc) is 3.26. The smallest absolute Gasteiger partial charge is 0.228 e. The summed E-state index contributed by atoms with van der Waals surface area (Å²) in [5, 5.41) is 4.18. The molecule has 0 N–H and O–H groups in total. The molecule has 0 aromatic carbocycles. The van der Waals surface area contributed by atoms with Crippen LogP contribution in [-0.4, -0.2) is 45.3 Å². The molecule has 0 saturated carbocycles. The SMILES string of the molecule is CN(Cc1noc2c1CCCC2)C(=O)C1CC(=O)N(Cc2ccccn2)C1. The maximum Gasteiger partial charge on any atom is 0.228 e. The summed E-state index contributed by atoms with van der Waals surface area (Å²) in [5.41, 5.74) is 2.86. The van der Waals surface area contributed by atoms with Crippen LogP contribution in [0, 0.1) is 5.92 Å². The molecule has 1 saturated heterocycles. The van der Waals surface area contributed by atoms with Gasteiger partial charge in [0, 0.05) is 38.2 Å². The third kappa shape index (κ3) is 3.72.